The van der Waals surface area contributed by atoms with E-state index in [1.807, 2.05) is 6.92 Å². The molecule has 0 spiro atoms. The highest BCUT2D eigenvalue weighted by Crippen LogP contribution is 2.31. The van der Waals surface area contributed by atoms with E-state index < -0.39 is 12.5 Å². The summed E-state index contributed by atoms with van der Waals surface area (Å²) in [4.78, 5) is 12.1. The molecule has 0 aliphatic carbocycles. The van der Waals surface area contributed by atoms with E-state index in [-0.39, 0.29) is 23.8 Å². The summed E-state index contributed by atoms with van der Waals surface area (Å²) in [6.07, 6.45) is 0.843. The fourth-order valence-electron chi connectivity index (χ4n) is 2.18. The van der Waals surface area contributed by atoms with Crippen molar-refractivity contribution in [3.8, 4) is 23.0 Å². The molecule has 0 aromatic heterocycles. The molecule has 0 aliphatic rings. The second-order valence-electron chi connectivity index (χ2n) is 5.38. The Kier molecular flexibility index (Phi) is 7.66. The Morgan fingerprint density at radius 2 is 1.74 bits per heavy atom. The van der Waals surface area contributed by atoms with E-state index >= 15 is 0 Å². The second kappa shape index (κ2) is 10.2. The zero-order valence-electron chi connectivity index (χ0n) is 15.0. The number of hydrogen-bond acceptors (Lipinski definition) is 5. The van der Waals surface area contributed by atoms with Crippen LogP contribution in [0.4, 0.5) is 14.5 Å². The third-order valence-corrected chi connectivity index (χ3v) is 3.33. The molecule has 0 aliphatic heterocycles. The van der Waals surface area contributed by atoms with Crippen LogP contribution < -0.4 is 24.3 Å². The topological polar surface area (TPSA) is 66.0 Å². The van der Waals surface area contributed by atoms with Gasteiger partial charge >= 0.3 is 6.61 Å². The van der Waals surface area contributed by atoms with E-state index in [1.54, 1.807) is 24.3 Å². The SMILES string of the molecule is CCCOc1ccccc1OCC(=O)Nc1ccc(OC)c(OC(F)F)c1. The average Bonchev–Trinajstić information content (AvgIpc) is 2.65. The maximum atomic E-state index is 12.5. The highest BCUT2D eigenvalue weighted by Gasteiger charge is 2.13. The summed E-state index contributed by atoms with van der Waals surface area (Å²) >= 11 is 0. The van der Waals surface area contributed by atoms with Gasteiger partial charge in [-0.3, -0.25) is 4.79 Å². The lowest BCUT2D eigenvalue weighted by Gasteiger charge is -2.13. The smallest absolute Gasteiger partial charge is 0.387 e. The fraction of sp³-hybridized carbons (Fsp3) is 0.316. The van der Waals surface area contributed by atoms with Gasteiger partial charge in [0, 0.05) is 11.8 Å². The molecule has 8 heteroatoms. The van der Waals surface area contributed by atoms with Gasteiger partial charge in [-0.2, -0.15) is 8.78 Å². The summed E-state index contributed by atoms with van der Waals surface area (Å²) in [6, 6.07) is 11.2. The van der Waals surface area contributed by atoms with E-state index in [2.05, 4.69) is 10.1 Å². The molecule has 1 N–H and O–H groups in total. The van der Waals surface area contributed by atoms with Crippen LogP contribution in [0, 0.1) is 0 Å². The molecule has 0 radical (unpaired) electrons. The van der Waals surface area contributed by atoms with Gasteiger partial charge in [-0.15, -0.1) is 0 Å². The number of alkyl halides is 2. The second-order valence-corrected chi connectivity index (χ2v) is 5.38. The molecule has 2 aromatic rings. The number of methoxy groups -OCH3 is 1. The van der Waals surface area contributed by atoms with Crippen molar-refractivity contribution in [2.45, 2.75) is 20.0 Å². The molecule has 0 saturated carbocycles. The number of para-hydroxylation sites is 2. The van der Waals surface area contributed by atoms with Gasteiger partial charge in [0.2, 0.25) is 0 Å². The first-order valence-electron chi connectivity index (χ1n) is 8.30. The van der Waals surface area contributed by atoms with Crippen molar-refractivity contribution in [3.05, 3.63) is 42.5 Å². The Morgan fingerprint density at radius 3 is 2.37 bits per heavy atom. The van der Waals surface area contributed by atoms with Crippen LogP contribution >= 0.6 is 0 Å². The van der Waals surface area contributed by atoms with Crippen molar-refractivity contribution >= 4 is 11.6 Å². The standard InChI is InChI=1S/C19H21F2NO5/c1-3-10-25-15-6-4-5-7-16(15)26-12-18(23)22-13-8-9-14(24-2)17(11-13)27-19(20)21/h4-9,11,19H,3,10,12H2,1-2H3,(H,22,23). The lowest BCUT2D eigenvalue weighted by Crippen LogP contribution is -2.20. The van der Waals surface area contributed by atoms with Crippen LogP contribution in [-0.2, 0) is 4.79 Å². The Morgan fingerprint density at radius 1 is 1.04 bits per heavy atom. The van der Waals surface area contributed by atoms with Gasteiger partial charge in [-0.05, 0) is 30.7 Å². The Balaban J connectivity index is 1.98. The molecule has 27 heavy (non-hydrogen) atoms. The first kappa shape index (κ1) is 20.3. The van der Waals surface area contributed by atoms with Crippen LogP contribution in [0.5, 0.6) is 23.0 Å². The average molecular weight is 381 g/mol. The molecule has 0 heterocycles. The minimum atomic E-state index is -3.01. The van der Waals surface area contributed by atoms with Gasteiger partial charge in [-0.1, -0.05) is 19.1 Å². The number of benzene rings is 2. The molecular formula is C19H21F2NO5. The number of rotatable bonds is 10. The molecule has 0 bridgehead atoms. The Labute approximate surface area is 156 Å². The van der Waals surface area contributed by atoms with Gasteiger partial charge in [-0.25, -0.2) is 0 Å². The van der Waals surface area contributed by atoms with Crippen molar-refractivity contribution in [3.63, 3.8) is 0 Å². The molecule has 6 nitrogen and oxygen atoms in total. The van der Waals surface area contributed by atoms with Gasteiger partial charge in [0.05, 0.1) is 13.7 Å². The van der Waals surface area contributed by atoms with Gasteiger partial charge in [0.15, 0.2) is 29.6 Å². The van der Waals surface area contributed by atoms with Crippen LogP contribution in [0.15, 0.2) is 42.5 Å². The molecule has 0 saturated heterocycles. The maximum absolute atomic E-state index is 12.5. The molecule has 0 atom stereocenters. The lowest BCUT2D eigenvalue weighted by molar-refractivity contribution is -0.118. The molecular weight excluding hydrogens is 360 g/mol. The minimum Gasteiger partial charge on any atom is -0.493 e. The Hall–Kier alpha value is -3.03. The summed E-state index contributed by atoms with van der Waals surface area (Å²) in [6.45, 7) is -0.764. The quantitative estimate of drug-likeness (QED) is 0.671. The number of amides is 1. The number of ether oxygens (including phenoxy) is 4. The van der Waals surface area contributed by atoms with E-state index in [0.717, 1.165) is 6.42 Å². The third-order valence-electron chi connectivity index (χ3n) is 3.33. The summed E-state index contributed by atoms with van der Waals surface area (Å²) in [7, 11) is 1.33. The normalized spacial score (nSPS) is 10.4. The fourth-order valence-corrected chi connectivity index (χ4v) is 2.18. The van der Waals surface area contributed by atoms with Crippen molar-refractivity contribution in [2.75, 3.05) is 25.6 Å². The molecule has 2 aromatic carbocycles. The van der Waals surface area contributed by atoms with Gasteiger partial charge in [0.1, 0.15) is 0 Å². The van der Waals surface area contributed by atoms with Crippen molar-refractivity contribution in [2.24, 2.45) is 0 Å². The van der Waals surface area contributed by atoms with E-state index in [4.69, 9.17) is 14.2 Å². The molecule has 0 fully saturated rings. The first-order valence-corrected chi connectivity index (χ1v) is 8.30. The molecule has 146 valence electrons. The number of carbonyl (C=O) groups is 1. The molecule has 2 rings (SSSR count). The van der Waals surface area contributed by atoms with Gasteiger partial charge < -0.3 is 24.3 Å². The van der Waals surface area contributed by atoms with Crippen molar-refractivity contribution in [1.29, 1.82) is 0 Å². The first-order chi connectivity index (χ1) is 13.0. The predicted octanol–water partition coefficient (Wildman–Crippen LogP) is 4.10. The van der Waals surface area contributed by atoms with Crippen molar-refractivity contribution in [1.82, 2.24) is 0 Å². The van der Waals surface area contributed by atoms with E-state index in [0.29, 0.717) is 18.1 Å². The Bertz CT molecular complexity index is 755. The summed E-state index contributed by atoms with van der Waals surface area (Å²) in [5.41, 5.74) is 0.274. The van der Waals surface area contributed by atoms with Crippen LogP contribution in [0.2, 0.25) is 0 Å². The lowest BCUT2D eigenvalue weighted by atomic mass is 10.2. The van der Waals surface area contributed by atoms with Crippen LogP contribution in [0.1, 0.15) is 13.3 Å². The van der Waals surface area contributed by atoms with Crippen LogP contribution in [0.3, 0.4) is 0 Å². The largest absolute Gasteiger partial charge is 0.493 e. The number of halogens is 2. The molecule has 1 amide bonds. The van der Waals surface area contributed by atoms with E-state index in [1.165, 1.54) is 25.3 Å². The number of anilines is 1. The number of nitrogens with one attached hydrogen (secondary N) is 1. The maximum Gasteiger partial charge on any atom is 0.387 e. The number of carbonyl (C=O) groups excluding carboxylic acids is 1. The minimum absolute atomic E-state index is 0.131. The zero-order chi connectivity index (χ0) is 19.6. The highest BCUT2D eigenvalue weighted by molar-refractivity contribution is 5.92. The van der Waals surface area contributed by atoms with Crippen molar-refractivity contribution < 1.29 is 32.5 Å². The van der Waals surface area contributed by atoms with E-state index in [9.17, 15) is 13.6 Å². The number of hydrogen-bond donors (Lipinski definition) is 1. The predicted molar refractivity (Wildman–Crippen MR) is 96.0 cm³/mol. The third kappa shape index (κ3) is 6.32. The summed E-state index contributed by atoms with van der Waals surface area (Å²) in [5.74, 6) is 0.478. The van der Waals surface area contributed by atoms with Crippen LogP contribution in [0.25, 0.3) is 0 Å². The monoisotopic (exact) mass is 381 g/mol. The summed E-state index contributed by atoms with van der Waals surface area (Å²) in [5, 5.41) is 2.55. The van der Waals surface area contributed by atoms with Crippen LogP contribution in [-0.4, -0.2) is 32.8 Å². The molecule has 0 unspecified atom stereocenters. The summed E-state index contributed by atoms with van der Waals surface area (Å²) < 4.78 is 45.3. The zero-order valence-corrected chi connectivity index (χ0v) is 15.0. The highest BCUT2D eigenvalue weighted by atomic mass is 19.3. The van der Waals surface area contributed by atoms with Gasteiger partial charge in [0.25, 0.3) is 5.91 Å².